The zero-order chi connectivity index (χ0) is 22.9. The second kappa shape index (κ2) is 11.6. The van der Waals surface area contributed by atoms with Crippen molar-refractivity contribution in [1.82, 2.24) is 15.2 Å². The zero-order valence-electron chi connectivity index (χ0n) is 19.4. The average Bonchev–Trinajstić information content (AvgIpc) is 2.85. The van der Waals surface area contributed by atoms with Crippen molar-refractivity contribution in [3.05, 3.63) is 107 Å². The molecule has 3 aromatic rings. The highest BCUT2D eigenvalue weighted by Crippen LogP contribution is 2.30. The molecule has 1 fully saturated rings. The molecule has 4 heteroatoms. The van der Waals surface area contributed by atoms with Crippen molar-refractivity contribution in [3.8, 4) is 0 Å². The minimum absolute atomic E-state index is 0.0504. The summed E-state index contributed by atoms with van der Waals surface area (Å²) in [5, 5.41) is 3.31. The lowest BCUT2D eigenvalue weighted by atomic mass is 9.87. The summed E-state index contributed by atoms with van der Waals surface area (Å²) < 4.78 is 0. The number of hydrogen-bond donors (Lipinski definition) is 1. The van der Waals surface area contributed by atoms with Gasteiger partial charge in [0.1, 0.15) is 0 Å². The second-order valence-electron chi connectivity index (χ2n) is 8.98. The molecule has 0 radical (unpaired) electrons. The van der Waals surface area contributed by atoms with E-state index in [1.165, 1.54) is 11.1 Å². The first kappa shape index (κ1) is 22.9. The summed E-state index contributed by atoms with van der Waals surface area (Å²) >= 11 is 0. The van der Waals surface area contributed by atoms with Gasteiger partial charge in [0, 0.05) is 12.7 Å². The summed E-state index contributed by atoms with van der Waals surface area (Å²) in [5.74, 6) is 0.440. The van der Waals surface area contributed by atoms with Gasteiger partial charge in [-0.1, -0.05) is 78.4 Å². The van der Waals surface area contributed by atoms with E-state index in [9.17, 15) is 4.79 Å². The number of nitrogens with zero attached hydrogens (tertiary/aromatic N) is 2. The van der Waals surface area contributed by atoms with Crippen LogP contribution in [0.5, 0.6) is 0 Å². The highest BCUT2D eigenvalue weighted by molar-refractivity contribution is 5.79. The molecule has 1 amide bonds. The Hall–Kier alpha value is -3.24. The molecule has 1 aliphatic rings. The maximum absolute atomic E-state index is 12.9. The number of amides is 1. The fraction of sp³-hybridized carbons (Fsp3) is 0.310. The molecular formula is C29H33N3O. The molecule has 170 valence electrons. The summed E-state index contributed by atoms with van der Waals surface area (Å²) in [6.07, 6.45) is 6.58. The van der Waals surface area contributed by atoms with Gasteiger partial charge in [0.25, 0.3) is 0 Å². The van der Waals surface area contributed by atoms with Gasteiger partial charge in [-0.3, -0.25) is 14.7 Å². The molecule has 1 saturated heterocycles. The Bertz CT molecular complexity index is 1030. The summed E-state index contributed by atoms with van der Waals surface area (Å²) in [7, 11) is 0. The van der Waals surface area contributed by atoms with Gasteiger partial charge in [0.2, 0.25) is 5.91 Å². The number of aromatic nitrogens is 1. The number of carbonyl (C=O) groups excluding carboxylic acids is 1. The number of pyridine rings is 1. The number of carbonyl (C=O) groups is 1. The molecule has 1 aliphatic heterocycles. The molecule has 0 saturated carbocycles. The molecule has 1 aromatic heterocycles. The van der Waals surface area contributed by atoms with E-state index in [0.717, 1.165) is 43.7 Å². The number of likely N-dealkylation sites (tertiary alicyclic amines) is 1. The first-order valence-corrected chi connectivity index (χ1v) is 11.9. The smallest absolute Gasteiger partial charge is 0.224 e. The number of nitrogens with one attached hydrogen (secondary N) is 1. The van der Waals surface area contributed by atoms with Crippen molar-refractivity contribution >= 4 is 12.0 Å². The first-order chi connectivity index (χ1) is 16.2. The largest absolute Gasteiger partial charge is 0.347 e. The Balaban J connectivity index is 1.37. The van der Waals surface area contributed by atoms with Crippen molar-refractivity contribution in [1.29, 1.82) is 0 Å². The van der Waals surface area contributed by atoms with Crippen LogP contribution in [-0.2, 0) is 11.2 Å². The Morgan fingerprint density at radius 3 is 2.33 bits per heavy atom. The van der Waals surface area contributed by atoms with Gasteiger partial charge in [0.15, 0.2) is 0 Å². The van der Waals surface area contributed by atoms with Crippen LogP contribution in [0.3, 0.4) is 0 Å². The minimum atomic E-state index is -0.0504. The highest BCUT2D eigenvalue weighted by atomic mass is 16.1. The molecule has 1 unspecified atom stereocenters. The summed E-state index contributed by atoms with van der Waals surface area (Å²) in [6, 6.07) is 26.3. The fourth-order valence-corrected chi connectivity index (χ4v) is 4.68. The average molecular weight is 440 g/mol. The normalized spacial score (nSPS) is 16.3. The molecule has 4 nitrogen and oxygen atoms in total. The van der Waals surface area contributed by atoms with E-state index in [0.29, 0.717) is 12.3 Å². The molecule has 0 aliphatic carbocycles. The van der Waals surface area contributed by atoms with E-state index in [1.54, 1.807) is 0 Å². The van der Waals surface area contributed by atoms with Gasteiger partial charge >= 0.3 is 0 Å². The molecular weight excluding hydrogens is 406 g/mol. The van der Waals surface area contributed by atoms with E-state index in [4.69, 9.17) is 0 Å². The Morgan fingerprint density at radius 1 is 1.00 bits per heavy atom. The van der Waals surface area contributed by atoms with E-state index in [-0.39, 0.29) is 11.9 Å². The quantitative estimate of drug-likeness (QED) is 0.518. The van der Waals surface area contributed by atoms with E-state index >= 15 is 0 Å². The molecule has 2 aromatic carbocycles. The molecule has 0 bridgehead atoms. The number of piperidine rings is 1. The third kappa shape index (κ3) is 6.87. The van der Waals surface area contributed by atoms with Crippen LogP contribution >= 0.6 is 0 Å². The monoisotopic (exact) mass is 439 g/mol. The van der Waals surface area contributed by atoms with E-state index < -0.39 is 0 Å². The predicted octanol–water partition coefficient (Wildman–Crippen LogP) is 5.30. The van der Waals surface area contributed by atoms with Crippen molar-refractivity contribution in [2.45, 2.75) is 32.2 Å². The van der Waals surface area contributed by atoms with Crippen molar-refractivity contribution in [2.24, 2.45) is 5.92 Å². The van der Waals surface area contributed by atoms with Gasteiger partial charge < -0.3 is 5.32 Å². The summed E-state index contributed by atoms with van der Waals surface area (Å²) in [6.45, 7) is 5.25. The topological polar surface area (TPSA) is 45.2 Å². The molecule has 33 heavy (non-hydrogen) atoms. The maximum atomic E-state index is 12.9. The van der Waals surface area contributed by atoms with Gasteiger partial charge in [-0.15, -0.1) is 0 Å². The number of benzene rings is 2. The first-order valence-electron chi connectivity index (χ1n) is 11.9. The van der Waals surface area contributed by atoms with Gasteiger partial charge in [0.05, 0.1) is 18.2 Å². The Labute approximate surface area is 197 Å². The third-order valence-electron chi connectivity index (χ3n) is 6.32. The van der Waals surface area contributed by atoms with Crippen LogP contribution in [0.15, 0.2) is 90.6 Å². The van der Waals surface area contributed by atoms with Gasteiger partial charge in [-0.25, -0.2) is 0 Å². The van der Waals surface area contributed by atoms with Gasteiger partial charge in [-0.2, -0.15) is 0 Å². The maximum Gasteiger partial charge on any atom is 0.224 e. The van der Waals surface area contributed by atoms with Crippen LogP contribution in [0.1, 0.15) is 42.6 Å². The van der Waals surface area contributed by atoms with Crippen LogP contribution in [0, 0.1) is 5.92 Å². The zero-order valence-corrected chi connectivity index (χ0v) is 19.4. The number of hydrogen-bond acceptors (Lipinski definition) is 3. The SMILES string of the molecule is C/C(=C\c1ccccc1)CN1CCC(C(NC(=O)Cc2ccccc2)c2ccccn2)CC1. The van der Waals surface area contributed by atoms with Crippen LogP contribution in [0.4, 0.5) is 0 Å². The Morgan fingerprint density at radius 2 is 1.67 bits per heavy atom. The van der Waals surface area contributed by atoms with E-state index in [2.05, 4.69) is 52.5 Å². The molecule has 0 spiro atoms. The lowest BCUT2D eigenvalue weighted by molar-refractivity contribution is -0.121. The van der Waals surface area contributed by atoms with Crippen molar-refractivity contribution in [3.63, 3.8) is 0 Å². The summed E-state index contributed by atoms with van der Waals surface area (Å²) in [5.41, 5.74) is 4.61. The van der Waals surface area contributed by atoms with Crippen LogP contribution in [0.25, 0.3) is 6.08 Å². The Kier molecular flexibility index (Phi) is 8.04. The lowest BCUT2D eigenvalue weighted by Crippen LogP contribution is -2.41. The van der Waals surface area contributed by atoms with E-state index in [1.807, 2.05) is 60.8 Å². The second-order valence-corrected chi connectivity index (χ2v) is 8.98. The molecule has 1 atom stereocenters. The molecule has 1 N–H and O–H groups in total. The van der Waals surface area contributed by atoms with Crippen LogP contribution in [0.2, 0.25) is 0 Å². The fourth-order valence-electron chi connectivity index (χ4n) is 4.68. The predicted molar refractivity (Wildman–Crippen MR) is 135 cm³/mol. The minimum Gasteiger partial charge on any atom is -0.347 e. The molecule has 4 rings (SSSR count). The van der Waals surface area contributed by atoms with Gasteiger partial charge in [-0.05, 0) is 62.0 Å². The van der Waals surface area contributed by atoms with Crippen molar-refractivity contribution in [2.75, 3.05) is 19.6 Å². The number of rotatable bonds is 8. The standard InChI is InChI=1S/C29H33N3O/c1-23(20-24-10-4-2-5-11-24)22-32-18-15-26(16-19-32)29(27-14-8-9-17-30-27)31-28(33)21-25-12-6-3-7-13-25/h2-14,17,20,26,29H,15-16,18-19,21-22H2,1H3,(H,31,33)/b23-20+. The third-order valence-corrected chi connectivity index (χ3v) is 6.32. The van der Waals surface area contributed by atoms with Crippen molar-refractivity contribution < 1.29 is 4.79 Å². The molecule has 2 heterocycles. The van der Waals surface area contributed by atoms with Crippen LogP contribution < -0.4 is 5.32 Å². The lowest BCUT2D eigenvalue weighted by Gasteiger charge is -2.36. The highest BCUT2D eigenvalue weighted by Gasteiger charge is 2.29. The van der Waals surface area contributed by atoms with Crippen LogP contribution in [-0.4, -0.2) is 35.4 Å². The summed E-state index contributed by atoms with van der Waals surface area (Å²) in [4.78, 5) is 20.0.